The zero-order valence-electron chi connectivity index (χ0n) is 13.9. The molecule has 1 saturated heterocycles. The molecule has 3 rings (SSSR count). The molecule has 0 spiro atoms. The van der Waals surface area contributed by atoms with Crippen LogP contribution in [0.2, 0.25) is 0 Å². The summed E-state index contributed by atoms with van der Waals surface area (Å²) in [5.74, 6) is 0.513. The van der Waals surface area contributed by atoms with Crippen LogP contribution in [0.1, 0.15) is 18.5 Å². The minimum atomic E-state index is -1.18. The predicted octanol–water partition coefficient (Wildman–Crippen LogP) is 1.55. The van der Waals surface area contributed by atoms with Crippen LogP contribution in [0.25, 0.3) is 11.2 Å². The second kappa shape index (κ2) is 6.41. The number of aryl methyl sites for hydroxylation is 1. The summed E-state index contributed by atoms with van der Waals surface area (Å²) in [4.78, 5) is 22.8. The number of halogens is 1. The lowest BCUT2D eigenvalue weighted by Crippen LogP contribution is -2.28. The summed E-state index contributed by atoms with van der Waals surface area (Å²) >= 11 is 3.53. The number of aromatic nitrogens is 4. The lowest BCUT2D eigenvalue weighted by atomic mass is 10.1. The van der Waals surface area contributed by atoms with Crippen LogP contribution in [0.4, 0.5) is 0 Å². The largest absolute Gasteiger partial charge is 0.389 e. The van der Waals surface area contributed by atoms with Gasteiger partial charge in [0.05, 0.1) is 23.4 Å². The molecule has 2 aromatic heterocycles. The van der Waals surface area contributed by atoms with Crippen molar-refractivity contribution in [2.45, 2.75) is 36.6 Å². The summed E-state index contributed by atoms with van der Waals surface area (Å²) in [6.45, 7) is 4.87. The Morgan fingerprint density at radius 3 is 2.92 bits per heavy atom. The maximum Gasteiger partial charge on any atom is 0.279 e. The van der Waals surface area contributed by atoms with Crippen LogP contribution >= 0.6 is 22.8 Å². The molecule has 24 heavy (non-hydrogen) atoms. The summed E-state index contributed by atoms with van der Waals surface area (Å²) in [5.41, 5.74) is 0.455. The van der Waals surface area contributed by atoms with Crippen LogP contribution in [-0.4, -0.2) is 67.5 Å². The second-order valence-corrected chi connectivity index (χ2v) is 12.3. The first kappa shape index (κ1) is 17.9. The van der Waals surface area contributed by atoms with E-state index in [0.29, 0.717) is 11.5 Å². The monoisotopic (exact) mass is 416 g/mol. The summed E-state index contributed by atoms with van der Waals surface area (Å²) < 4.78 is 7.79. The Bertz CT molecular complexity index is 858. The highest BCUT2D eigenvalue weighted by molar-refractivity contribution is 9.09. The first-order valence-corrected chi connectivity index (χ1v) is 11.7. The molecule has 0 radical (unpaired) electrons. The smallest absolute Gasteiger partial charge is 0.279 e. The number of H-pyrrole nitrogens is 1. The quantitative estimate of drug-likeness (QED) is 0.582. The lowest BCUT2D eigenvalue weighted by Gasteiger charge is -2.18. The fourth-order valence-electron chi connectivity index (χ4n) is 2.86. The highest BCUT2D eigenvalue weighted by Gasteiger charge is 2.43. The standard InChI is InChI=1S/C15H22BrN4O3P/c1-8-18-13-11(14(22)19-8)17-7-20(13)15-10(16)12(21)9(23-15)5-6-24(2,3)4/h7,9-10,12,15,21H,2,5-6H2,1,3-4H3,(H,18,19,22)/t9-,10-,12-,15?/m1/s1. The molecule has 1 fully saturated rings. The van der Waals surface area contributed by atoms with E-state index in [4.69, 9.17) is 4.74 Å². The summed E-state index contributed by atoms with van der Waals surface area (Å²) in [6.07, 6.45) is 6.07. The number of aliphatic hydroxyl groups is 1. The van der Waals surface area contributed by atoms with Gasteiger partial charge in [-0.1, -0.05) is 15.9 Å². The van der Waals surface area contributed by atoms with Crippen molar-refractivity contribution < 1.29 is 9.84 Å². The van der Waals surface area contributed by atoms with E-state index >= 15 is 0 Å². The highest BCUT2D eigenvalue weighted by atomic mass is 79.9. The molecule has 0 amide bonds. The number of aromatic amines is 1. The van der Waals surface area contributed by atoms with Crippen LogP contribution in [0, 0.1) is 6.92 Å². The van der Waals surface area contributed by atoms with E-state index in [2.05, 4.69) is 50.5 Å². The minimum absolute atomic E-state index is 0.270. The third-order valence-electron chi connectivity index (χ3n) is 4.14. The molecule has 2 N–H and O–H groups in total. The summed E-state index contributed by atoms with van der Waals surface area (Å²) in [5, 5.41) is 10.5. The van der Waals surface area contributed by atoms with E-state index in [9.17, 15) is 9.90 Å². The van der Waals surface area contributed by atoms with E-state index < -0.39 is 19.2 Å². The van der Waals surface area contributed by atoms with Crippen LogP contribution in [-0.2, 0) is 4.74 Å². The Hall–Kier alpha value is -0.950. The number of hydrogen-bond donors (Lipinski definition) is 2. The van der Waals surface area contributed by atoms with Crippen molar-refractivity contribution in [3.63, 3.8) is 0 Å². The van der Waals surface area contributed by atoms with Crippen LogP contribution in [0.15, 0.2) is 11.1 Å². The van der Waals surface area contributed by atoms with Gasteiger partial charge in [-0.3, -0.25) is 9.36 Å². The lowest BCUT2D eigenvalue weighted by molar-refractivity contribution is -0.0174. The number of nitrogens with one attached hydrogen (secondary N) is 1. The maximum absolute atomic E-state index is 12.0. The van der Waals surface area contributed by atoms with E-state index in [0.717, 1.165) is 12.6 Å². The molecular weight excluding hydrogens is 395 g/mol. The maximum atomic E-state index is 12.0. The van der Waals surface area contributed by atoms with Gasteiger partial charge in [0.25, 0.3) is 5.56 Å². The Morgan fingerprint density at radius 2 is 2.25 bits per heavy atom. The molecule has 3 heterocycles. The fourth-order valence-corrected chi connectivity index (χ4v) is 4.54. The Kier molecular flexibility index (Phi) is 4.77. The van der Waals surface area contributed by atoms with Gasteiger partial charge in [-0.25, -0.2) is 9.97 Å². The number of fused-ring (bicyclic) bond motifs is 1. The molecule has 9 heteroatoms. The Labute approximate surface area is 148 Å². The van der Waals surface area contributed by atoms with Crippen molar-refractivity contribution in [2.75, 3.05) is 19.5 Å². The van der Waals surface area contributed by atoms with E-state index in [1.54, 1.807) is 17.8 Å². The van der Waals surface area contributed by atoms with Gasteiger partial charge in [-0.05, 0) is 32.8 Å². The number of aliphatic hydroxyl groups excluding tert-OH is 1. The average molecular weight is 417 g/mol. The van der Waals surface area contributed by atoms with Crippen LogP contribution in [0.3, 0.4) is 0 Å². The van der Waals surface area contributed by atoms with Gasteiger partial charge in [-0.15, -0.1) is 13.2 Å². The number of imidazole rings is 1. The van der Waals surface area contributed by atoms with E-state index in [-0.39, 0.29) is 22.0 Å². The van der Waals surface area contributed by atoms with Gasteiger partial charge in [0.15, 0.2) is 17.4 Å². The fraction of sp³-hybridized carbons (Fsp3) is 0.600. The zero-order valence-corrected chi connectivity index (χ0v) is 16.4. The number of rotatable bonds is 4. The van der Waals surface area contributed by atoms with Gasteiger partial charge in [0.1, 0.15) is 5.82 Å². The average Bonchev–Trinajstić information content (AvgIpc) is 3.00. The summed E-state index contributed by atoms with van der Waals surface area (Å²) in [7, 11) is 0. The molecule has 2 aromatic rings. The van der Waals surface area contributed by atoms with Crippen LogP contribution in [0.5, 0.6) is 0 Å². The molecule has 0 aliphatic carbocycles. The number of hydrogen-bond acceptors (Lipinski definition) is 5. The molecule has 0 saturated carbocycles. The first-order chi connectivity index (χ1) is 11.2. The summed E-state index contributed by atoms with van der Waals surface area (Å²) in [6, 6.07) is 0. The van der Waals surface area contributed by atoms with E-state index in [1.807, 2.05) is 0 Å². The van der Waals surface area contributed by atoms with Gasteiger partial charge >= 0.3 is 0 Å². The molecule has 0 bridgehead atoms. The molecule has 1 unspecified atom stereocenters. The Morgan fingerprint density at radius 1 is 1.54 bits per heavy atom. The molecule has 132 valence electrons. The first-order valence-electron chi connectivity index (χ1n) is 7.76. The van der Waals surface area contributed by atoms with Gasteiger partial charge < -0.3 is 14.8 Å². The topological polar surface area (TPSA) is 93.0 Å². The number of nitrogens with zero attached hydrogens (tertiary/aromatic N) is 3. The number of alkyl halides is 1. The van der Waals surface area contributed by atoms with E-state index in [1.165, 1.54) is 0 Å². The van der Waals surface area contributed by atoms with Gasteiger partial charge in [-0.2, -0.15) is 0 Å². The minimum Gasteiger partial charge on any atom is -0.389 e. The van der Waals surface area contributed by atoms with Gasteiger partial charge in [0.2, 0.25) is 0 Å². The van der Waals surface area contributed by atoms with Crippen molar-refractivity contribution in [3.05, 3.63) is 22.5 Å². The SMILES string of the molecule is C=P(C)(C)CC[C@H]1OC(n2cnc3c(=O)[nH]c(C)nc32)[C@H](Br)[C@@H]1O. The van der Waals surface area contributed by atoms with Crippen molar-refractivity contribution in [2.24, 2.45) is 0 Å². The van der Waals surface area contributed by atoms with Crippen molar-refractivity contribution >= 4 is 40.3 Å². The van der Waals surface area contributed by atoms with Crippen molar-refractivity contribution in [1.82, 2.24) is 19.5 Å². The van der Waals surface area contributed by atoms with Crippen molar-refractivity contribution in [3.8, 4) is 0 Å². The third-order valence-corrected chi connectivity index (χ3v) is 6.60. The third kappa shape index (κ3) is 3.38. The van der Waals surface area contributed by atoms with Gasteiger partial charge in [0, 0.05) is 0 Å². The highest BCUT2D eigenvalue weighted by Crippen LogP contribution is 2.41. The molecule has 0 aromatic carbocycles. The van der Waals surface area contributed by atoms with Crippen LogP contribution < -0.4 is 5.56 Å². The normalized spacial score (nSPS) is 27.9. The zero-order chi connectivity index (χ0) is 17.6. The predicted molar refractivity (Wildman–Crippen MR) is 101 cm³/mol. The van der Waals surface area contributed by atoms with Crippen molar-refractivity contribution in [1.29, 1.82) is 0 Å². The molecular formula is C15H22BrN4O3P. The second-order valence-electron chi connectivity index (χ2n) is 6.92. The molecule has 1 aliphatic heterocycles. The Balaban J connectivity index is 1.90. The molecule has 4 atom stereocenters. The number of ether oxygens (including phenoxy) is 1. The molecule has 7 nitrogen and oxygen atoms in total. The molecule has 1 aliphatic rings.